The van der Waals surface area contributed by atoms with E-state index < -0.39 is 0 Å². The second-order valence-electron chi connectivity index (χ2n) is 4.76. The van der Waals surface area contributed by atoms with Crippen molar-refractivity contribution in [1.29, 1.82) is 0 Å². The van der Waals surface area contributed by atoms with Crippen molar-refractivity contribution >= 4 is 5.69 Å². The van der Waals surface area contributed by atoms with Crippen molar-refractivity contribution < 1.29 is 9.47 Å². The van der Waals surface area contributed by atoms with E-state index in [2.05, 4.69) is 0 Å². The number of anilines is 1. The smallest absolute Gasteiger partial charge is 0.145 e. The Kier molecular flexibility index (Phi) is 5.44. The van der Waals surface area contributed by atoms with Gasteiger partial charge in [0.2, 0.25) is 0 Å². The topological polar surface area (TPSA) is 73.7 Å². The summed E-state index contributed by atoms with van der Waals surface area (Å²) in [6.07, 6.45) is 0. The molecule has 0 radical (unpaired) electrons. The highest BCUT2D eigenvalue weighted by Gasteiger charge is 2.17. The zero-order valence-electron chi connectivity index (χ0n) is 12.5. The van der Waals surface area contributed by atoms with Crippen molar-refractivity contribution in [3.63, 3.8) is 0 Å². The minimum atomic E-state index is -0.0673. The summed E-state index contributed by atoms with van der Waals surface area (Å²) in [7, 11) is 5.32. The first-order valence-corrected chi connectivity index (χ1v) is 6.35. The van der Waals surface area contributed by atoms with Gasteiger partial charge in [0.05, 0.1) is 19.9 Å². The lowest BCUT2D eigenvalue weighted by atomic mass is 10.1. The molecule has 0 spiro atoms. The molecule has 4 N–H and O–H groups in total. The molecule has 1 rings (SSSR count). The average Bonchev–Trinajstić information content (AvgIpc) is 2.41. The maximum Gasteiger partial charge on any atom is 0.145 e. The molecule has 5 heteroatoms. The molecule has 1 aromatic rings. The van der Waals surface area contributed by atoms with E-state index in [1.54, 1.807) is 14.2 Å². The summed E-state index contributed by atoms with van der Waals surface area (Å²) in [5.74, 6) is 1.70. The van der Waals surface area contributed by atoms with Gasteiger partial charge in [0.25, 0.3) is 0 Å². The van der Waals surface area contributed by atoms with Crippen LogP contribution in [0.5, 0.6) is 11.5 Å². The van der Waals surface area contributed by atoms with Gasteiger partial charge in [-0.15, -0.1) is 0 Å². The van der Waals surface area contributed by atoms with Crippen LogP contribution in [0.25, 0.3) is 0 Å². The number of nitrogens with zero attached hydrogens (tertiary/aromatic N) is 1. The van der Waals surface area contributed by atoms with E-state index in [9.17, 15) is 0 Å². The molecular weight excluding hydrogens is 242 g/mol. The highest BCUT2D eigenvalue weighted by atomic mass is 16.5. The lowest BCUT2D eigenvalue weighted by molar-refractivity contribution is 0.397. The predicted molar refractivity (Wildman–Crippen MR) is 79.3 cm³/mol. The Morgan fingerprint density at radius 1 is 1.21 bits per heavy atom. The van der Waals surface area contributed by atoms with Crippen molar-refractivity contribution in [3.05, 3.63) is 17.2 Å². The van der Waals surface area contributed by atoms with Gasteiger partial charge in [0.15, 0.2) is 0 Å². The van der Waals surface area contributed by atoms with Crippen LogP contribution in [0.3, 0.4) is 0 Å². The molecule has 0 aromatic heterocycles. The molecule has 5 nitrogen and oxygen atoms in total. The maximum absolute atomic E-state index is 5.90. The van der Waals surface area contributed by atoms with E-state index in [0.29, 0.717) is 13.1 Å². The second kappa shape index (κ2) is 6.63. The van der Waals surface area contributed by atoms with Crippen LogP contribution >= 0.6 is 0 Å². The number of ether oxygens (including phenoxy) is 2. The van der Waals surface area contributed by atoms with E-state index in [4.69, 9.17) is 20.9 Å². The Hall–Kier alpha value is -1.46. The molecule has 1 atom stereocenters. The maximum atomic E-state index is 5.90. The largest absolute Gasteiger partial charge is 0.496 e. The number of benzene rings is 1. The summed E-state index contributed by atoms with van der Waals surface area (Å²) in [5, 5.41) is 0. The van der Waals surface area contributed by atoms with E-state index in [0.717, 1.165) is 28.3 Å². The van der Waals surface area contributed by atoms with E-state index in [1.807, 2.05) is 31.9 Å². The Labute approximate surface area is 115 Å². The molecular formula is C14H25N3O2. The van der Waals surface area contributed by atoms with E-state index in [-0.39, 0.29) is 6.04 Å². The molecule has 0 amide bonds. The molecule has 0 bridgehead atoms. The van der Waals surface area contributed by atoms with Gasteiger partial charge < -0.3 is 25.8 Å². The lowest BCUT2D eigenvalue weighted by Crippen LogP contribution is -2.40. The van der Waals surface area contributed by atoms with Crippen LogP contribution in [0.1, 0.15) is 11.1 Å². The van der Waals surface area contributed by atoms with Crippen LogP contribution in [0.2, 0.25) is 0 Å². The normalized spacial score (nSPS) is 12.2. The third-order valence-electron chi connectivity index (χ3n) is 3.42. The third kappa shape index (κ3) is 3.30. The molecule has 0 saturated carbocycles. The molecule has 108 valence electrons. The van der Waals surface area contributed by atoms with Gasteiger partial charge in [-0.25, -0.2) is 0 Å². The standard InChI is InChI=1S/C14H25N3O2/c1-9-10(2)14(19-5)12(6-13(9)18-4)17(3)8-11(16)7-15/h6,11H,7-8,15-16H2,1-5H3. The van der Waals surface area contributed by atoms with Crippen LogP contribution in [0.4, 0.5) is 5.69 Å². The fraction of sp³-hybridized carbons (Fsp3) is 0.571. The van der Waals surface area contributed by atoms with Crippen LogP contribution in [-0.4, -0.2) is 40.4 Å². The Morgan fingerprint density at radius 2 is 1.84 bits per heavy atom. The van der Waals surface area contributed by atoms with Crippen LogP contribution < -0.4 is 25.8 Å². The van der Waals surface area contributed by atoms with Gasteiger partial charge in [-0.05, 0) is 25.0 Å². The highest BCUT2D eigenvalue weighted by Crippen LogP contribution is 2.38. The third-order valence-corrected chi connectivity index (χ3v) is 3.42. The molecule has 0 aliphatic rings. The summed E-state index contributed by atoms with van der Waals surface area (Å²) in [6.45, 7) is 5.16. The summed E-state index contributed by atoms with van der Waals surface area (Å²) in [6, 6.07) is 1.91. The molecule has 0 aliphatic heterocycles. The summed E-state index contributed by atoms with van der Waals surface area (Å²) in [5.41, 5.74) is 14.6. The number of likely N-dealkylation sites (N-methyl/N-ethyl adjacent to an activating group) is 1. The summed E-state index contributed by atoms with van der Waals surface area (Å²) in [4.78, 5) is 2.05. The number of nitrogens with two attached hydrogens (primary N) is 2. The first-order valence-electron chi connectivity index (χ1n) is 6.35. The van der Waals surface area contributed by atoms with Gasteiger partial charge in [0, 0.05) is 32.2 Å². The molecule has 1 unspecified atom stereocenters. The van der Waals surface area contributed by atoms with Crippen molar-refractivity contribution in [2.75, 3.05) is 39.3 Å². The zero-order valence-corrected chi connectivity index (χ0v) is 12.5. The molecule has 0 fully saturated rings. The highest BCUT2D eigenvalue weighted by molar-refractivity contribution is 5.67. The van der Waals surface area contributed by atoms with Gasteiger partial charge in [-0.1, -0.05) is 0 Å². The van der Waals surface area contributed by atoms with Crippen LogP contribution in [0, 0.1) is 13.8 Å². The van der Waals surface area contributed by atoms with Gasteiger partial charge in [-0.3, -0.25) is 0 Å². The quantitative estimate of drug-likeness (QED) is 0.805. The van der Waals surface area contributed by atoms with E-state index in [1.165, 1.54) is 0 Å². The zero-order chi connectivity index (χ0) is 14.6. The predicted octanol–water partition coefficient (Wildman–Crippen LogP) is 1.04. The molecule has 0 aliphatic carbocycles. The number of rotatable bonds is 6. The number of hydrogen-bond acceptors (Lipinski definition) is 5. The van der Waals surface area contributed by atoms with Crippen molar-refractivity contribution in [2.24, 2.45) is 11.5 Å². The Bertz CT molecular complexity index is 435. The fourth-order valence-corrected chi connectivity index (χ4v) is 2.12. The monoisotopic (exact) mass is 267 g/mol. The molecule has 0 heterocycles. The SMILES string of the molecule is COc1cc(N(C)CC(N)CN)c(OC)c(C)c1C. The minimum absolute atomic E-state index is 0.0673. The molecule has 1 aromatic carbocycles. The van der Waals surface area contributed by atoms with E-state index >= 15 is 0 Å². The minimum Gasteiger partial charge on any atom is -0.496 e. The Balaban J connectivity index is 3.21. The number of methoxy groups -OCH3 is 2. The van der Waals surface area contributed by atoms with Crippen molar-refractivity contribution in [1.82, 2.24) is 0 Å². The number of hydrogen-bond donors (Lipinski definition) is 2. The van der Waals surface area contributed by atoms with Crippen LogP contribution in [0.15, 0.2) is 6.07 Å². The Morgan fingerprint density at radius 3 is 2.32 bits per heavy atom. The van der Waals surface area contributed by atoms with Gasteiger partial charge in [-0.2, -0.15) is 0 Å². The van der Waals surface area contributed by atoms with Crippen molar-refractivity contribution in [3.8, 4) is 11.5 Å². The van der Waals surface area contributed by atoms with Crippen molar-refractivity contribution in [2.45, 2.75) is 19.9 Å². The molecule has 19 heavy (non-hydrogen) atoms. The van der Waals surface area contributed by atoms with Gasteiger partial charge in [0.1, 0.15) is 11.5 Å². The molecule has 0 saturated heterocycles. The lowest BCUT2D eigenvalue weighted by Gasteiger charge is -2.26. The average molecular weight is 267 g/mol. The first kappa shape index (κ1) is 15.6. The summed E-state index contributed by atoms with van der Waals surface area (Å²) >= 11 is 0. The van der Waals surface area contributed by atoms with Gasteiger partial charge >= 0.3 is 0 Å². The summed E-state index contributed by atoms with van der Waals surface area (Å²) < 4.78 is 10.9. The van der Waals surface area contributed by atoms with Crippen LogP contribution in [-0.2, 0) is 0 Å². The second-order valence-corrected chi connectivity index (χ2v) is 4.76. The first-order chi connectivity index (χ1) is 8.96. The fourth-order valence-electron chi connectivity index (χ4n) is 2.12.